The normalized spacial score (nSPS) is 13.8. The number of aromatic amines is 1. The van der Waals surface area contributed by atoms with Gasteiger partial charge in [-0.3, -0.25) is 19.2 Å². The summed E-state index contributed by atoms with van der Waals surface area (Å²) < 4.78 is 43.0. The van der Waals surface area contributed by atoms with Gasteiger partial charge in [0, 0.05) is 78.1 Å². The number of rotatable bonds is 19. The van der Waals surface area contributed by atoms with Gasteiger partial charge < -0.3 is 23.8 Å². The summed E-state index contributed by atoms with van der Waals surface area (Å²) in [6.07, 6.45) is 9.12. The lowest BCUT2D eigenvalue weighted by Crippen LogP contribution is -2.31. The highest BCUT2D eigenvalue weighted by molar-refractivity contribution is 6.30. The van der Waals surface area contributed by atoms with Gasteiger partial charge in [0.05, 0.1) is 47.7 Å². The molecule has 5 heterocycles. The molecule has 1 saturated heterocycles. The molecule has 0 saturated carbocycles. The molecule has 67 heavy (non-hydrogen) atoms. The van der Waals surface area contributed by atoms with Crippen molar-refractivity contribution in [3.8, 4) is 22.8 Å². The molecule has 1 fully saturated rings. The average molecular weight is 925 g/mol. The molecular formula is C53H55ClFN7O5. The third kappa shape index (κ3) is 10.3. The van der Waals surface area contributed by atoms with Crippen molar-refractivity contribution in [2.45, 2.75) is 51.6 Å². The molecule has 0 atom stereocenters. The van der Waals surface area contributed by atoms with Crippen molar-refractivity contribution in [2.24, 2.45) is 0 Å². The van der Waals surface area contributed by atoms with Crippen LogP contribution in [0.4, 0.5) is 4.39 Å². The Balaban J connectivity index is 0.865. The molecule has 0 unspecified atom stereocenters. The number of hydrogen-bond donors (Lipinski definition) is 1. The fourth-order valence-electron chi connectivity index (χ4n) is 9.03. The van der Waals surface area contributed by atoms with Crippen molar-refractivity contribution in [1.29, 1.82) is 0 Å². The quantitative estimate of drug-likeness (QED) is 0.0624. The van der Waals surface area contributed by atoms with Crippen LogP contribution in [-0.4, -0.2) is 94.5 Å². The highest BCUT2D eigenvalue weighted by atomic mass is 35.5. The lowest BCUT2D eigenvalue weighted by Gasteiger charge is -2.23. The van der Waals surface area contributed by atoms with Crippen molar-refractivity contribution in [2.75, 3.05) is 60.3 Å². The number of fused-ring (bicyclic) bond motifs is 4. The molecule has 1 aliphatic rings. The highest BCUT2D eigenvalue weighted by Crippen LogP contribution is 2.38. The van der Waals surface area contributed by atoms with Gasteiger partial charge in [-0.15, -0.1) is 0 Å². The van der Waals surface area contributed by atoms with Gasteiger partial charge in [0.2, 0.25) is 5.88 Å². The fourth-order valence-corrected chi connectivity index (χ4v) is 9.19. The Kier molecular flexibility index (Phi) is 14.4. The van der Waals surface area contributed by atoms with Crippen molar-refractivity contribution >= 4 is 55.6 Å². The summed E-state index contributed by atoms with van der Waals surface area (Å²) >= 11 is 6.14. The number of hydrogen-bond acceptors (Lipinski definition) is 9. The molecule has 0 spiro atoms. The van der Waals surface area contributed by atoms with Gasteiger partial charge in [0.1, 0.15) is 18.2 Å². The Hall–Kier alpha value is -6.38. The van der Waals surface area contributed by atoms with Crippen LogP contribution in [0, 0.1) is 5.82 Å². The minimum absolute atomic E-state index is 0.0154. The molecular weight excluding hydrogens is 869 g/mol. The summed E-state index contributed by atoms with van der Waals surface area (Å²) in [4.78, 5) is 25.9. The topological polar surface area (TPSA) is 122 Å². The molecule has 0 amide bonds. The lowest BCUT2D eigenvalue weighted by molar-refractivity contribution is 0.0695. The van der Waals surface area contributed by atoms with Crippen molar-refractivity contribution in [1.82, 2.24) is 34.2 Å². The number of benzene rings is 4. The molecule has 12 nitrogen and oxygen atoms in total. The Bertz CT molecular complexity index is 3070. The molecule has 0 aliphatic carbocycles. The number of nitrogens with one attached hydrogen (secondary N) is 1. The summed E-state index contributed by atoms with van der Waals surface area (Å²) in [5.74, 6) is 0.922. The molecule has 14 heteroatoms. The summed E-state index contributed by atoms with van der Waals surface area (Å²) in [6, 6.07) is 28.9. The van der Waals surface area contributed by atoms with E-state index in [1.54, 1.807) is 18.3 Å². The van der Waals surface area contributed by atoms with E-state index in [1.165, 1.54) is 6.07 Å². The van der Waals surface area contributed by atoms with Gasteiger partial charge in [-0.2, -0.15) is 5.10 Å². The van der Waals surface area contributed by atoms with Gasteiger partial charge >= 0.3 is 5.69 Å². The summed E-state index contributed by atoms with van der Waals surface area (Å²) in [7, 11) is 4.10. The largest absolute Gasteiger partial charge is 0.491 e. The van der Waals surface area contributed by atoms with Crippen LogP contribution in [0.2, 0.25) is 5.02 Å². The van der Waals surface area contributed by atoms with E-state index in [9.17, 15) is 4.79 Å². The maximum Gasteiger partial charge on any atom is 0.329 e. The van der Waals surface area contributed by atoms with Crippen molar-refractivity contribution in [3.63, 3.8) is 0 Å². The van der Waals surface area contributed by atoms with Crippen LogP contribution in [0.3, 0.4) is 0 Å². The molecule has 0 radical (unpaired) electrons. The standard InChI is InChI=1S/C53H55ClFN7O5/c1-4-43(44-15-12-40(54)31-46(44)55)51(37-10-16-47-39(29-37)33-58-59-47)35-7-13-42(14-8-35)66-28-27-64-23-6-22-61-49-34-56-48-17-9-36(38-11-18-50(57-32-38)67-24-5-21-60(2)3)30-45(48)52(49)62(53(61)63)41-19-25-65-26-20-41/h7-18,29-34,41H,4-6,19-28H2,1-3H3,(H,58,59)/b51-43+. The van der Waals surface area contributed by atoms with E-state index in [0.717, 1.165) is 92.0 Å². The Labute approximate surface area is 393 Å². The number of allylic oxidation sites excluding steroid dienone is 1. The van der Waals surface area contributed by atoms with E-state index in [0.29, 0.717) is 81.2 Å². The second-order valence-corrected chi connectivity index (χ2v) is 17.5. The van der Waals surface area contributed by atoms with Crippen molar-refractivity contribution in [3.05, 3.63) is 148 Å². The van der Waals surface area contributed by atoms with E-state index in [-0.39, 0.29) is 17.5 Å². The van der Waals surface area contributed by atoms with E-state index in [1.807, 2.05) is 103 Å². The molecule has 0 bridgehead atoms. The van der Waals surface area contributed by atoms with Gasteiger partial charge in [-0.25, -0.2) is 14.2 Å². The van der Waals surface area contributed by atoms with Crippen LogP contribution in [-0.2, 0) is 16.0 Å². The van der Waals surface area contributed by atoms with Gasteiger partial charge in [0.15, 0.2) is 0 Å². The smallest absolute Gasteiger partial charge is 0.329 e. The Morgan fingerprint density at radius 1 is 0.851 bits per heavy atom. The van der Waals surface area contributed by atoms with Crippen LogP contribution >= 0.6 is 11.6 Å². The minimum Gasteiger partial charge on any atom is -0.491 e. The first-order valence-corrected chi connectivity index (χ1v) is 23.4. The third-order valence-electron chi connectivity index (χ3n) is 12.4. The predicted molar refractivity (Wildman–Crippen MR) is 264 cm³/mol. The molecule has 1 N–H and O–H groups in total. The van der Waals surface area contributed by atoms with Crippen molar-refractivity contribution < 1.29 is 23.3 Å². The molecule has 8 aromatic rings. The number of imidazole rings is 1. The number of nitrogens with zero attached hydrogens (tertiary/aromatic N) is 6. The number of halogens is 2. The van der Waals surface area contributed by atoms with E-state index in [4.69, 9.17) is 35.5 Å². The van der Waals surface area contributed by atoms with Gasteiger partial charge in [-0.05, 0) is 129 Å². The second kappa shape index (κ2) is 21.1. The summed E-state index contributed by atoms with van der Waals surface area (Å²) in [5, 5.41) is 9.44. The molecule has 4 aromatic heterocycles. The SMILES string of the molecule is CC/C(=C(/c1ccc(OCCOCCCn2c(=O)n(C3CCOCC3)c3c4cc(-c5ccc(OCCCN(C)C)nc5)ccc4ncc32)cc1)c1ccc2[nH]ncc2c1)c1ccc(Cl)cc1F. The minimum atomic E-state index is -0.367. The van der Waals surface area contributed by atoms with Crippen LogP contribution in [0.15, 0.2) is 114 Å². The zero-order valence-corrected chi connectivity index (χ0v) is 38.9. The van der Waals surface area contributed by atoms with Crippen LogP contribution < -0.4 is 15.2 Å². The van der Waals surface area contributed by atoms with E-state index >= 15 is 4.39 Å². The summed E-state index contributed by atoms with van der Waals surface area (Å²) in [5.41, 5.74) is 9.50. The summed E-state index contributed by atoms with van der Waals surface area (Å²) in [6.45, 7) is 6.45. The van der Waals surface area contributed by atoms with Crippen LogP contribution in [0.25, 0.3) is 55.1 Å². The first-order chi connectivity index (χ1) is 32.7. The molecule has 346 valence electrons. The number of ether oxygens (including phenoxy) is 4. The molecule has 4 aromatic carbocycles. The van der Waals surface area contributed by atoms with Gasteiger partial charge in [-0.1, -0.05) is 48.9 Å². The lowest BCUT2D eigenvalue weighted by atomic mass is 9.87. The van der Waals surface area contributed by atoms with Crippen LogP contribution in [0.5, 0.6) is 11.6 Å². The van der Waals surface area contributed by atoms with E-state index in [2.05, 4.69) is 32.2 Å². The third-order valence-corrected chi connectivity index (χ3v) is 12.6. The van der Waals surface area contributed by atoms with Gasteiger partial charge in [0.25, 0.3) is 0 Å². The highest BCUT2D eigenvalue weighted by Gasteiger charge is 2.25. The van der Waals surface area contributed by atoms with E-state index < -0.39 is 0 Å². The average Bonchev–Trinajstić information content (AvgIpc) is 3.94. The van der Waals surface area contributed by atoms with Crippen LogP contribution in [0.1, 0.15) is 61.8 Å². The zero-order valence-electron chi connectivity index (χ0n) is 38.1. The first-order valence-electron chi connectivity index (χ1n) is 23.0. The number of pyridine rings is 2. The Morgan fingerprint density at radius 2 is 1.67 bits per heavy atom. The maximum absolute atomic E-state index is 15.4. The predicted octanol–water partition coefficient (Wildman–Crippen LogP) is 10.6. The second-order valence-electron chi connectivity index (χ2n) is 17.1. The number of aromatic nitrogens is 6. The molecule has 9 rings (SSSR count). The number of H-pyrrole nitrogens is 1. The monoisotopic (exact) mass is 923 g/mol. The maximum atomic E-state index is 15.4. The first kappa shape index (κ1) is 45.8. The zero-order chi connectivity index (χ0) is 46.3. The fraction of sp³-hybridized carbons (Fsp3) is 0.321. The molecule has 1 aliphatic heterocycles. The number of aryl methyl sites for hydroxylation is 1. The Morgan fingerprint density at radius 3 is 2.45 bits per heavy atom.